The van der Waals surface area contributed by atoms with Gasteiger partial charge in [-0.05, 0) is 11.6 Å². The molecule has 2 rings (SSSR count). The van der Waals surface area contributed by atoms with Crippen molar-refractivity contribution >= 4 is 11.8 Å². The lowest BCUT2D eigenvalue weighted by Crippen LogP contribution is -2.37. The van der Waals surface area contributed by atoms with Crippen LogP contribution in [0.15, 0.2) is 48.7 Å². The van der Waals surface area contributed by atoms with Crippen LogP contribution >= 0.6 is 0 Å². The number of carbonyl (C=O) groups excluding carboxylic acids is 2. The van der Waals surface area contributed by atoms with E-state index in [2.05, 4.69) is 4.98 Å². The zero-order chi connectivity index (χ0) is 17.5. The second kappa shape index (κ2) is 8.10. The molecule has 126 valence electrons. The number of benzene rings is 1. The first kappa shape index (κ1) is 17.5. The first-order valence-electron chi connectivity index (χ1n) is 7.56. The number of ether oxygens (including phenoxy) is 1. The number of amides is 2. The number of hydrogen-bond donors (Lipinski definition) is 0. The van der Waals surface area contributed by atoms with Gasteiger partial charge in [-0.3, -0.25) is 9.59 Å². The van der Waals surface area contributed by atoms with E-state index in [1.54, 1.807) is 33.3 Å². The van der Waals surface area contributed by atoms with Gasteiger partial charge in [0.15, 0.2) is 0 Å². The molecule has 0 radical (unpaired) electrons. The highest BCUT2D eigenvalue weighted by Gasteiger charge is 2.16. The molecular weight excluding hydrogens is 306 g/mol. The quantitative estimate of drug-likeness (QED) is 0.812. The molecule has 1 aromatic heterocycles. The van der Waals surface area contributed by atoms with Crippen LogP contribution in [0.5, 0.6) is 5.88 Å². The third kappa shape index (κ3) is 4.81. The number of pyridine rings is 1. The topological polar surface area (TPSA) is 62.7 Å². The van der Waals surface area contributed by atoms with E-state index in [9.17, 15) is 9.59 Å². The van der Waals surface area contributed by atoms with Crippen molar-refractivity contribution in [1.82, 2.24) is 14.8 Å². The van der Waals surface area contributed by atoms with Gasteiger partial charge in [-0.25, -0.2) is 4.98 Å². The average molecular weight is 327 g/mol. The average Bonchev–Trinajstić information content (AvgIpc) is 2.60. The Balaban J connectivity index is 2.01. The minimum Gasteiger partial charge on any atom is -0.473 e. The summed E-state index contributed by atoms with van der Waals surface area (Å²) in [5.74, 6) is -0.0188. The zero-order valence-corrected chi connectivity index (χ0v) is 14.1. The van der Waals surface area contributed by atoms with Gasteiger partial charge in [-0.1, -0.05) is 30.3 Å². The van der Waals surface area contributed by atoms with Crippen LogP contribution < -0.4 is 4.74 Å². The highest BCUT2D eigenvalue weighted by Crippen LogP contribution is 2.13. The molecule has 24 heavy (non-hydrogen) atoms. The van der Waals surface area contributed by atoms with Crippen LogP contribution in [0.3, 0.4) is 0 Å². The summed E-state index contributed by atoms with van der Waals surface area (Å²) >= 11 is 0. The SMILES string of the molecule is CN(C)C(=O)CN(C)C(=O)c1ccnc(OCc2ccccc2)c1. The molecule has 0 spiro atoms. The predicted molar refractivity (Wildman–Crippen MR) is 90.7 cm³/mol. The Labute approximate surface area is 141 Å². The maximum atomic E-state index is 12.4. The fourth-order valence-corrected chi connectivity index (χ4v) is 1.99. The van der Waals surface area contributed by atoms with E-state index in [-0.39, 0.29) is 18.4 Å². The molecule has 0 bridgehead atoms. The summed E-state index contributed by atoms with van der Waals surface area (Å²) in [6, 6.07) is 12.9. The highest BCUT2D eigenvalue weighted by atomic mass is 16.5. The maximum Gasteiger partial charge on any atom is 0.254 e. The van der Waals surface area contributed by atoms with Gasteiger partial charge >= 0.3 is 0 Å². The van der Waals surface area contributed by atoms with Gasteiger partial charge in [0.1, 0.15) is 6.61 Å². The van der Waals surface area contributed by atoms with Crippen molar-refractivity contribution in [1.29, 1.82) is 0 Å². The Kier molecular flexibility index (Phi) is 5.89. The lowest BCUT2D eigenvalue weighted by molar-refractivity contribution is -0.129. The van der Waals surface area contributed by atoms with Gasteiger partial charge < -0.3 is 14.5 Å². The molecule has 0 aliphatic rings. The molecule has 1 aromatic carbocycles. The predicted octanol–water partition coefficient (Wildman–Crippen LogP) is 1.82. The molecule has 2 amide bonds. The fraction of sp³-hybridized carbons (Fsp3) is 0.278. The molecule has 0 fully saturated rings. The van der Waals surface area contributed by atoms with E-state index in [0.717, 1.165) is 5.56 Å². The Morgan fingerprint density at radius 2 is 1.79 bits per heavy atom. The van der Waals surface area contributed by atoms with Crippen molar-refractivity contribution in [2.24, 2.45) is 0 Å². The molecular formula is C18H21N3O3. The van der Waals surface area contributed by atoms with Gasteiger partial charge in [0, 0.05) is 39.0 Å². The molecule has 0 N–H and O–H groups in total. The standard InChI is InChI=1S/C18H21N3O3/c1-20(2)17(22)12-21(3)18(23)15-9-10-19-16(11-15)24-13-14-7-5-4-6-8-14/h4-11H,12-13H2,1-3H3. The Morgan fingerprint density at radius 3 is 2.46 bits per heavy atom. The van der Waals surface area contributed by atoms with Crippen molar-refractivity contribution in [2.75, 3.05) is 27.7 Å². The molecule has 0 saturated carbocycles. The summed E-state index contributed by atoms with van der Waals surface area (Å²) in [7, 11) is 4.90. The van der Waals surface area contributed by atoms with E-state index in [1.807, 2.05) is 30.3 Å². The van der Waals surface area contributed by atoms with Gasteiger partial charge in [-0.2, -0.15) is 0 Å². The van der Waals surface area contributed by atoms with Gasteiger partial charge in [0.25, 0.3) is 5.91 Å². The largest absolute Gasteiger partial charge is 0.473 e. The number of likely N-dealkylation sites (N-methyl/N-ethyl adjacent to an activating group) is 2. The number of hydrogen-bond acceptors (Lipinski definition) is 4. The molecule has 1 heterocycles. The van der Waals surface area contributed by atoms with Crippen molar-refractivity contribution in [3.63, 3.8) is 0 Å². The number of aromatic nitrogens is 1. The fourth-order valence-electron chi connectivity index (χ4n) is 1.99. The molecule has 2 aromatic rings. The number of nitrogens with zero attached hydrogens (tertiary/aromatic N) is 3. The summed E-state index contributed by atoms with van der Waals surface area (Å²) in [5, 5.41) is 0. The summed E-state index contributed by atoms with van der Waals surface area (Å²) in [4.78, 5) is 31.1. The Bertz CT molecular complexity index is 702. The zero-order valence-electron chi connectivity index (χ0n) is 14.1. The van der Waals surface area contributed by atoms with Crippen molar-refractivity contribution in [2.45, 2.75) is 6.61 Å². The van der Waals surface area contributed by atoms with Crippen LogP contribution in [0.25, 0.3) is 0 Å². The molecule has 6 heteroatoms. The van der Waals surface area contributed by atoms with Crippen LogP contribution in [0.2, 0.25) is 0 Å². The summed E-state index contributed by atoms with van der Waals surface area (Å²) in [5.41, 5.74) is 1.45. The number of carbonyl (C=O) groups is 2. The summed E-state index contributed by atoms with van der Waals surface area (Å²) in [6.07, 6.45) is 1.52. The van der Waals surface area contributed by atoms with Crippen molar-refractivity contribution in [3.8, 4) is 5.88 Å². The summed E-state index contributed by atoms with van der Waals surface area (Å²) < 4.78 is 5.62. The summed E-state index contributed by atoms with van der Waals surface area (Å²) in [6.45, 7) is 0.398. The van der Waals surface area contributed by atoms with Gasteiger partial charge in [0.2, 0.25) is 11.8 Å². The lowest BCUT2D eigenvalue weighted by atomic mass is 10.2. The second-order valence-corrected chi connectivity index (χ2v) is 5.61. The van der Waals surface area contributed by atoms with E-state index in [4.69, 9.17) is 4.74 Å². The third-order valence-corrected chi connectivity index (χ3v) is 3.43. The lowest BCUT2D eigenvalue weighted by Gasteiger charge is -2.19. The number of rotatable bonds is 6. The van der Waals surface area contributed by atoms with E-state index in [1.165, 1.54) is 16.0 Å². The van der Waals surface area contributed by atoms with E-state index in [0.29, 0.717) is 18.1 Å². The second-order valence-electron chi connectivity index (χ2n) is 5.61. The van der Waals surface area contributed by atoms with Crippen LogP contribution in [0, 0.1) is 0 Å². The van der Waals surface area contributed by atoms with Gasteiger partial charge in [-0.15, -0.1) is 0 Å². The molecule has 0 atom stereocenters. The maximum absolute atomic E-state index is 12.4. The van der Waals surface area contributed by atoms with Crippen LogP contribution in [-0.2, 0) is 11.4 Å². The van der Waals surface area contributed by atoms with Crippen molar-refractivity contribution in [3.05, 3.63) is 59.8 Å². The Morgan fingerprint density at radius 1 is 1.08 bits per heavy atom. The minimum atomic E-state index is -0.253. The minimum absolute atomic E-state index is 0.0222. The normalized spacial score (nSPS) is 10.1. The highest BCUT2D eigenvalue weighted by molar-refractivity contribution is 5.96. The Hall–Kier alpha value is -2.89. The smallest absolute Gasteiger partial charge is 0.254 e. The molecule has 6 nitrogen and oxygen atoms in total. The monoisotopic (exact) mass is 327 g/mol. The van der Waals surface area contributed by atoms with Crippen LogP contribution in [0.4, 0.5) is 0 Å². The van der Waals surface area contributed by atoms with E-state index >= 15 is 0 Å². The first-order valence-corrected chi connectivity index (χ1v) is 7.56. The third-order valence-electron chi connectivity index (χ3n) is 3.43. The first-order chi connectivity index (χ1) is 11.5. The van der Waals surface area contributed by atoms with Crippen molar-refractivity contribution < 1.29 is 14.3 Å². The molecule has 0 saturated heterocycles. The van der Waals surface area contributed by atoms with Gasteiger partial charge in [0.05, 0.1) is 6.54 Å². The molecule has 0 unspecified atom stereocenters. The molecule has 0 aliphatic carbocycles. The van der Waals surface area contributed by atoms with E-state index < -0.39 is 0 Å². The molecule has 0 aliphatic heterocycles. The van der Waals surface area contributed by atoms with Crippen LogP contribution in [0.1, 0.15) is 15.9 Å². The van der Waals surface area contributed by atoms with Crippen LogP contribution in [-0.4, -0.2) is 54.3 Å².